The third kappa shape index (κ3) is 3.23. The van der Waals surface area contributed by atoms with Gasteiger partial charge in [0.05, 0.1) is 11.1 Å². The van der Waals surface area contributed by atoms with Crippen LogP contribution in [0.25, 0.3) is 0 Å². The normalized spacial score (nSPS) is 11.7. The highest BCUT2D eigenvalue weighted by atomic mass is 35.5. The van der Waals surface area contributed by atoms with Crippen molar-refractivity contribution in [1.82, 2.24) is 20.4 Å². The lowest BCUT2D eigenvalue weighted by atomic mass is 9.92. The minimum absolute atomic E-state index is 0.0176. The third-order valence-corrected chi connectivity index (χ3v) is 3.45. The molecule has 0 saturated heterocycles. The van der Waals surface area contributed by atoms with E-state index in [2.05, 4.69) is 15.7 Å². The van der Waals surface area contributed by atoms with Gasteiger partial charge in [0.2, 0.25) is 5.91 Å². The summed E-state index contributed by atoms with van der Waals surface area (Å²) in [6, 6.07) is 0. The molecular formula is C12H21ClN4O. The number of rotatable bonds is 5. The minimum Gasteiger partial charge on any atom is -0.359 e. The Bertz CT molecular complexity index is 440. The van der Waals surface area contributed by atoms with Crippen molar-refractivity contribution in [3.63, 3.8) is 0 Å². The van der Waals surface area contributed by atoms with Crippen molar-refractivity contribution in [2.45, 2.75) is 27.3 Å². The Morgan fingerprint density at radius 1 is 1.50 bits per heavy atom. The number of aromatic nitrogens is 2. The van der Waals surface area contributed by atoms with Gasteiger partial charge >= 0.3 is 0 Å². The summed E-state index contributed by atoms with van der Waals surface area (Å²) in [5.74, 6) is 0.0176. The Balaban J connectivity index is 2.59. The van der Waals surface area contributed by atoms with Crippen LogP contribution in [0.3, 0.4) is 0 Å². The molecule has 0 saturated carbocycles. The van der Waals surface area contributed by atoms with E-state index in [-0.39, 0.29) is 5.91 Å². The van der Waals surface area contributed by atoms with E-state index in [9.17, 15) is 4.79 Å². The lowest BCUT2D eigenvalue weighted by Gasteiger charge is -2.22. The van der Waals surface area contributed by atoms with E-state index in [1.54, 1.807) is 11.7 Å². The van der Waals surface area contributed by atoms with E-state index in [0.717, 1.165) is 11.3 Å². The number of nitrogens with one attached hydrogen (secondary N) is 2. The molecule has 0 aliphatic heterocycles. The molecule has 0 radical (unpaired) electrons. The average molecular weight is 273 g/mol. The van der Waals surface area contributed by atoms with Crippen LogP contribution < -0.4 is 10.6 Å². The fraction of sp³-hybridized carbons (Fsp3) is 0.667. The number of amides is 1. The van der Waals surface area contributed by atoms with Crippen molar-refractivity contribution in [2.24, 2.45) is 12.5 Å². The molecule has 1 aromatic heterocycles. The number of hydrogen-bond acceptors (Lipinski definition) is 3. The first-order valence-electron chi connectivity index (χ1n) is 5.90. The van der Waals surface area contributed by atoms with Gasteiger partial charge in [-0.3, -0.25) is 9.48 Å². The maximum absolute atomic E-state index is 11.6. The lowest BCUT2D eigenvalue weighted by Crippen LogP contribution is -2.41. The van der Waals surface area contributed by atoms with Crippen LogP contribution in [-0.4, -0.2) is 29.3 Å². The molecule has 0 aliphatic carbocycles. The second-order valence-corrected chi connectivity index (χ2v) is 5.40. The van der Waals surface area contributed by atoms with E-state index < -0.39 is 5.41 Å². The fourth-order valence-electron chi connectivity index (χ4n) is 1.79. The van der Waals surface area contributed by atoms with Gasteiger partial charge in [-0.25, -0.2) is 0 Å². The van der Waals surface area contributed by atoms with Gasteiger partial charge in [-0.1, -0.05) is 11.6 Å². The summed E-state index contributed by atoms with van der Waals surface area (Å²) in [5, 5.41) is 10.8. The molecule has 2 N–H and O–H groups in total. The van der Waals surface area contributed by atoms with Crippen LogP contribution in [0.15, 0.2) is 0 Å². The largest absolute Gasteiger partial charge is 0.359 e. The Kier molecular flexibility index (Phi) is 4.76. The number of hydrogen-bond donors (Lipinski definition) is 2. The van der Waals surface area contributed by atoms with Gasteiger partial charge in [-0.2, -0.15) is 5.10 Å². The molecule has 1 amide bonds. The van der Waals surface area contributed by atoms with Gasteiger partial charge in [-0.15, -0.1) is 0 Å². The van der Waals surface area contributed by atoms with Crippen LogP contribution in [0.5, 0.6) is 0 Å². The molecule has 5 nitrogen and oxygen atoms in total. The smallest absolute Gasteiger partial charge is 0.226 e. The first-order chi connectivity index (χ1) is 8.29. The monoisotopic (exact) mass is 272 g/mol. The highest BCUT2D eigenvalue weighted by molar-refractivity contribution is 6.30. The van der Waals surface area contributed by atoms with Crippen LogP contribution in [0.2, 0.25) is 5.15 Å². The quantitative estimate of drug-likeness (QED) is 0.848. The van der Waals surface area contributed by atoms with E-state index in [1.807, 2.05) is 27.8 Å². The molecular weight excluding hydrogens is 252 g/mol. The highest BCUT2D eigenvalue weighted by Crippen LogP contribution is 2.19. The van der Waals surface area contributed by atoms with Crippen molar-refractivity contribution in [1.29, 1.82) is 0 Å². The van der Waals surface area contributed by atoms with Gasteiger partial charge in [0, 0.05) is 32.7 Å². The molecule has 0 spiro atoms. The molecule has 0 aliphatic rings. The van der Waals surface area contributed by atoms with Crippen LogP contribution in [0.4, 0.5) is 0 Å². The van der Waals surface area contributed by atoms with Crippen molar-refractivity contribution < 1.29 is 4.79 Å². The number of carbonyl (C=O) groups is 1. The Labute approximate surface area is 113 Å². The summed E-state index contributed by atoms with van der Waals surface area (Å²) in [6.45, 7) is 6.91. The summed E-state index contributed by atoms with van der Waals surface area (Å²) in [5.41, 5.74) is 1.44. The van der Waals surface area contributed by atoms with Gasteiger partial charge in [0.15, 0.2) is 0 Å². The summed E-state index contributed by atoms with van der Waals surface area (Å²) in [7, 11) is 3.46. The van der Waals surface area contributed by atoms with Crippen molar-refractivity contribution in [3.05, 3.63) is 16.4 Å². The zero-order valence-corrected chi connectivity index (χ0v) is 12.4. The summed E-state index contributed by atoms with van der Waals surface area (Å²) in [6.07, 6.45) is 0. The molecule has 0 bridgehead atoms. The molecule has 18 heavy (non-hydrogen) atoms. The lowest BCUT2D eigenvalue weighted by molar-refractivity contribution is -0.128. The Morgan fingerprint density at radius 3 is 2.56 bits per heavy atom. The first kappa shape index (κ1) is 15.0. The van der Waals surface area contributed by atoms with Crippen LogP contribution in [0.1, 0.15) is 25.1 Å². The standard InChI is InChI=1S/C12H21ClN4O/c1-8-9(10(13)17(5)16-8)6-15-7-12(2,3)11(18)14-4/h15H,6-7H2,1-5H3,(H,14,18). The molecule has 1 heterocycles. The molecule has 6 heteroatoms. The van der Waals surface area contributed by atoms with E-state index in [0.29, 0.717) is 18.2 Å². The van der Waals surface area contributed by atoms with Crippen molar-refractivity contribution in [3.8, 4) is 0 Å². The fourth-order valence-corrected chi connectivity index (χ4v) is 2.03. The number of carbonyl (C=O) groups excluding carboxylic acids is 1. The second-order valence-electron chi connectivity index (χ2n) is 5.04. The van der Waals surface area contributed by atoms with Gasteiger partial charge in [-0.05, 0) is 20.8 Å². The molecule has 0 atom stereocenters. The highest BCUT2D eigenvalue weighted by Gasteiger charge is 2.26. The zero-order chi connectivity index (χ0) is 13.9. The molecule has 102 valence electrons. The topological polar surface area (TPSA) is 59.0 Å². The minimum atomic E-state index is -0.447. The maximum atomic E-state index is 11.6. The van der Waals surface area contributed by atoms with Gasteiger partial charge in [0.1, 0.15) is 5.15 Å². The predicted octanol–water partition coefficient (Wildman–Crippen LogP) is 1.24. The van der Waals surface area contributed by atoms with Crippen LogP contribution in [0, 0.1) is 12.3 Å². The van der Waals surface area contributed by atoms with Crippen molar-refractivity contribution >= 4 is 17.5 Å². The number of aryl methyl sites for hydroxylation is 2. The molecule has 1 rings (SSSR count). The molecule has 1 aromatic rings. The van der Waals surface area contributed by atoms with E-state index >= 15 is 0 Å². The third-order valence-electron chi connectivity index (χ3n) is 2.98. The van der Waals surface area contributed by atoms with E-state index in [1.165, 1.54) is 0 Å². The second kappa shape index (κ2) is 5.71. The van der Waals surface area contributed by atoms with Gasteiger partial charge < -0.3 is 10.6 Å². The van der Waals surface area contributed by atoms with Crippen molar-refractivity contribution in [2.75, 3.05) is 13.6 Å². The summed E-state index contributed by atoms with van der Waals surface area (Å²) in [4.78, 5) is 11.6. The Morgan fingerprint density at radius 2 is 2.11 bits per heavy atom. The molecule has 0 fully saturated rings. The van der Waals surface area contributed by atoms with Gasteiger partial charge in [0.25, 0.3) is 0 Å². The Hall–Kier alpha value is -1.07. The van der Waals surface area contributed by atoms with E-state index in [4.69, 9.17) is 11.6 Å². The predicted molar refractivity (Wildman–Crippen MR) is 72.5 cm³/mol. The molecule has 0 aromatic carbocycles. The number of halogens is 1. The van der Waals surface area contributed by atoms with Crippen LogP contribution in [-0.2, 0) is 18.4 Å². The average Bonchev–Trinajstić information content (AvgIpc) is 2.54. The first-order valence-corrected chi connectivity index (χ1v) is 6.28. The molecule has 0 unspecified atom stereocenters. The SMILES string of the molecule is CNC(=O)C(C)(C)CNCc1c(C)nn(C)c1Cl. The summed E-state index contributed by atoms with van der Waals surface area (Å²) >= 11 is 6.14. The zero-order valence-electron chi connectivity index (χ0n) is 11.6. The van der Waals surface area contributed by atoms with Crippen LogP contribution >= 0.6 is 11.6 Å². The number of nitrogens with zero attached hydrogens (tertiary/aromatic N) is 2. The summed E-state index contributed by atoms with van der Waals surface area (Å²) < 4.78 is 1.65. The maximum Gasteiger partial charge on any atom is 0.226 e.